The fraction of sp³-hybridized carbons (Fsp3) is 0.900. The summed E-state index contributed by atoms with van der Waals surface area (Å²) in [6, 6.07) is -1.12. The van der Waals surface area contributed by atoms with Crippen LogP contribution in [0.5, 0.6) is 0 Å². The topological polar surface area (TPSA) is 212 Å². The number of nitrogens with one attached hydrogen (secondary N) is 1. The molecule has 64 heavy (non-hydrogen) atoms. The van der Waals surface area contributed by atoms with E-state index < -0.39 is 78.5 Å². The average molecular weight is 934 g/mol. The highest BCUT2D eigenvalue weighted by molar-refractivity contribution is 7.80. The second kappa shape index (κ2) is 40.6. The van der Waals surface area contributed by atoms with Gasteiger partial charge in [-0.3, -0.25) is 9.35 Å². The summed E-state index contributed by atoms with van der Waals surface area (Å²) in [5.41, 5.74) is 0. The predicted octanol–water partition coefficient (Wildman–Crippen LogP) is 9.86. The third-order valence-corrected chi connectivity index (χ3v) is 12.8. The van der Waals surface area contributed by atoms with Gasteiger partial charge in [0.15, 0.2) is 6.29 Å². The van der Waals surface area contributed by atoms with Crippen molar-refractivity contribution in [3.63, 3.8) is 0 Å². The molecular weight excluding hydrogens is 839 g/mol. The van der Waals surface area contributed by atoms with Crippen LogP contribution in [-0.4, -0.2) is 107 Å². The minimum atomic E-state index is -5.12. The lowest BCUT2D eigenvalue weighted by molar-refractivity contribution is -0.298. The van der Waals surface area contributed by atoms with Crippen molar-refractivity contribution in [1.82, 2.24) is 5.32 Å². The van der Waals surface area contributed by atoms with E-state index in [-0.39, 0.29) is 6.42 Å². The molecule has 1 amide bonds. The van der Waals surface area contributed by atoms with E-state index in [0.717, 1.165) is 57.8 Å². The van der Waals surface area contributed by atoms with Crippen molar-refractivity contribution in [3.05, 3.63) is 24.3 Å². The number of allylic oxidation sites excluding steroid dienone is 3. The first-order valence-electron chi connectivity index (χ1n) is 25.8. The summed E-state index contributed by atoms with van der Waals surface area (Å²) in [6.07, 6.45) is 35.4. The summed E-state index contributed by atoms with van der Waals surface area (Å²) in [6.45, 7) is 3.23. The number of rotatable bonds is 44. The smallest absolute Gasteiger partial charge is 0.394 e. The highest BCUT2D eigenvalue weighted by atomic mass is 32.3. The predicted molar refractivity (Wildman–Crippen MR) is 256 cm³/mol. The Kier molecular flexibility index (Phi) is 38.4. The van der Waals surface area contributed by atoms with Gasteiger partial charge in [-0.05, 0) is 44.9 Å². The first kappa shape index (κ1) is 60.6. The minimum Gasteiger partial charge on any atom is -0.394 e. The molecule has 1 rings (SSSR count). The zero-order valence-electron chi connectivity index (χ0n) is 40.2. The second-order valence-corrected chi connectivity index (χ2v) is 19.3. The summed E-state index contributed by atoms with van der Waals surface area (Å²) in [5, 5.41) is 55.3. The van der Waals surface area contributed by atoms with Gasteiger partial charge in [-0.2, -0.15) is 8.42 Å². The molecule has 0 aliphatic carbocycles. The van der Waals surface area contributed by atoms with Gasteiger partial charge in [0.2, 0.25) is 5.91 Å². The van der Waals surface area contributed by atoms with Gasteiger partial charge in [0.25, 0.3) is 0 Å². The van der Waals surface area contributed by atoms with E-state index in [0.29, 0.717) is 12.8 Å². The lowest BCUT2D eigenvalue weighted by Gasteiger charge is -2.41. The van der Waals surface area contributed by atoms with E-state index in [4.69, 9.17) is 9.47 Å². The number of amides is 1. The maximum absolute atomic E-state index is 13.1. The normalized spacial score (nSPS) is 20.9. The summed E-state index contributed by atoms with van der Waals surface area (Å²) in [4.78, 5) is 13.1. The molecule has 0 spiro atoms. The molecule has 1 fully saturated rings. The monoisotopic (exact) mass is 934 g/mol. The number of carbonyl (C=O) groups excluding carboxylic acids is 1. The summed E-state index contributed by atoms with van der Waals surface area (Å²) >= 11 is 0. The van der Waals surface area contributed by atoms with Gasteiger partial charge in [0.1, 0.15) is 30.5 Å². The molecule has 0 aromatic rings. The van der Waals surface area contributed by atoms with E-state index in [1.807, 2.05) is 6.08 Å². The van der Waals surface area contributed by atoms with E-state index in [2.05, 4.69) is 35.5 Å². The zero-order valence-corrected chi connectivity index (χ0v) is 41.0. The molecule has 1 heterocycles. The van der Waals surface area contributed by atoms with E-state index in [9.17, 15) is 43.3 Å². The Hall–Kier alpha value is -1.46. The standard InChI is InChI=1S/C50H95NO12S/c1-3-5-7-9-11-13-15-17-19-20-21-22-23-24-25-27-29-31-33-35-37-39-44(54)49(57)51-42(41-61-50-47(56)48(63-64(58,59)60)46(55)45(40-52)62-50)43(53)38-36-34-32-30-28-26-18-16-14-12-10-8-6-4-2/h23-24,36,38,42-48,50,52-56H,3-22,25-35,37,39-41H2,1-2H3,(H,51,57)(H,58,59,60)/b24-23-,38-36+. The van der Waals surface area contributed by atoms with Crippen LogP contribution >= 0.6 is 0 Å². The zero-order chi connectivity index (χ0) is 47.1. The molecule has 0 radical (unpaired) electrons. The Labute approximate surface area is 389 Å². The lowest BCUT2D eigenvalue weighted by Crippen LogP contribution is -2.61. The molecule has 378 valence electrons. The Balaban J connectivity index is 2.49. The van der Waals surface area contributed by atoms with Gasteiger partial charge in [0.05, 0.1) is 25.4 Å². The SMILES string of the molecule is CCCCCCCCCCCCC/C=C\CCCCCCCCC(O)C(=O)NC(COC1OC(CO)C(O)C(OS(=O)(=O)O)C1O)C(O)/C=C/CCCCCCCCCCCCCC. The summed E-state index contributed by atoms with van der Waals surface area (Å²) in [7, 11) is -5.12. The maximum atomic E-state index is 13.1. The molecule has 0 saturated carbocycles. The van der Waals surface area contributed by atoms with Crippen LogP contribution in [0.2, 0.25) is 0 Å². The van der Waals surface area contributed by atoms with Crippen LogP contribution in [0.1, 0.15) is 226 Å². The van der Waals surface area contributed by atoms with Crippen molar-refractivity contribution in [1.29, 1.82) is 0 Å². The molecule has 14 heteroatoms. The Morgan fingerprint density at radius 2 is 1.03 bits per heavy atom. The van der Waals surface area contributed by atoms with Crippen molar-refractivity contribution in [2.45, 2.75) is 275 Å². The Morgan fingerprint density at radius 1 is 0.625 bits per heavy atom. The van der Waals surface area contributed by atoms with Crippen molar-refractivity contribution < 1.29 is 57.0 Å². The Bertz CT molecular complexity index is 1250. The van der Waals surface area contributed by atoms with Gasteiger partial charge in [-0.1, -0.05) is 205 Å². The van der Waals surface area contributed by atoms with E-state index in [1.54, 1.807) is 0 Å². The van der Waals surface area contributed by atoms with E-state index >= 15 is 0 Å². The largest absolute Gasteiger partial charge is 0.397 e. The quantitative estimate of drug-likeness (QED) is 0.0173. The molecule has 13 nitrogen and oxygen atoms in total. The number of aliphatic hydroxyl groups excluding tert-OH is 5. The molecule has 8 unspecified atom stereocenters. The van der Waals surface area contributed by atoms with Gasteiger partial charge < -0.3 is 40.3 Å². The molecule has 7 N–H and O–H groups in total. The Morgan fingerprint density at radius 3 is 1.45 bits per heavy atom. The van der Waals surface area contributed by atoms with Gasteiger partial charge in [-0.25, -0.2) is 4.18 Å². The first-order valence-corrected chi connectivity index (χ1v) is 27.2. The van der Waals surface area contributed by atoms with Crippen LogP contribution in [0.25, 0.3) is 0 Å². The third kappa shape index (κ3) is 32.3. The second-order valence-electron chi connectivity index (χ2n) is 18.3. The summed E-state index contributed by atoms with van der Waals surface area (Å²) in [5.74, 6) is -0.705. The summed E-state index contributed by atoms with van der Waals surface area (Å²) < 4.78 is 47.6. The number of hydrogen-bond donors (Lipinski definition) is 7. The molecule has 1 saturated heterocycles. The van der Waals surface area contributed by atoms with Gasteiger partial charge >= 0.3 is 10.4 Å². The molecule has 1 aliphatic rings. The van der Waals surface area contributed by atoms with Gasteiger partial charge in [-0.15, -0.1) is 0 Å². The molecule has 0 aromatic heterocycles. The van der Waals surface area contributed by atoms with Gasteiger partial charge in [0, 0.05) is 0 Å². The molecule has 1 aliphatic heterocycles. The molecule has 0 bridgehead atoms. The fourth-order valence-electron chi connectivity index (χ4n) is 8.22. The van der Waals surface area contributed by atoms with Crippen molar-refractivity contribution in [3.8, 4) is 0 Å². The highest BCUT2D eigenvalue weighted by Crippen LogP contribution is 2.26. The average Bonchev–Trinajstić information content (AvgIpc) is 3.27. The maximum Gasteiger partial charge on any atom is 0.397 e. The van der Waals surface area contributed by atoms with Crippen LogP contribution in [0, 0.1) is 0 Å². The van der Waals surface area contributed by atoms with Crippen molar-refractivity contribution in [2.24, 2.45) is 0 Å². The molecule has 8 atom stereocenters. The van der Waals surface area contributed by atoms with Crippen molar-refractivity contribution >= 4 is 16.3 Å². The third-order valence-electron chi connectivity index (χ3n) is 12.3. The van der Waals surface area contributed by atoms with Crippen molar-refractivity contribution in [2.75, 3.05) is 13.2 Å². The molecule has 0 aromatic carbocycles. The van der Waals surface area contributed by atoms with Crippen LogP contribution in [0.3, 0.4) is 0 Å². The lowest BCUT2D eigenvalue weighted by atomic mass is 9.99. The number of hydrogen-bond acceptors (Lipinski definition) is 11. The minimum absolute atomic E-state index is 0.237. The fourth-order valence-corrected chi connectivity index (χ4v) is 8.73. The number of aliphatic hydroxyl groups is 5. The number of carbonyl (C=O) groups is 1. The van der Waals surface area contributed by atoms with Crippen LogP contribution in [0.4, 0.5) is 0 Å². The molecular formula is C50H95NO12S. The number of ether oxygens (including phenoxy) is 2. The van der Waals surface area contributed by atoms with Crippen LogP contribution < -0.4 is 5.32 Å². The van der Waals surface area contributed by atoms with Crippen LogP contribution in [0.15, 0.2) is 24.3 Å². The number of unbranched alkanes of at least 4 members (excludes halogenated alkanes) is 29. The highest BCUT2D eigenvalue weighted by Gasteiger charge is 2.48. The van der Waals surface area contributed by atoms with Crippen LogP contribution in [-0.2, 0) is 28.9 Å². The first-order chi connectivity index (χ1) is 30.9. The van der Waals surface area contributed by atoms with E-state index in [1.165, 1.54) is 141 Å².